The summed E-state index contributed by atoms with van der Waals surface area (Å²) in [6, 6.07) is 6.87. The van der Waals surface area contributed by atoms with Crippen LogP contribution in [0.4, 0.5) is 19.0 Å². The van der Waals surface area contributed by atoms with Crippen molar-refractivity contribution in [2.75, 3.05) is 123 Å². The van der Waals surface area contributed by atoms with E-state index in [2.05, 4.69) is 40.7 Å². The molecule has 6 rings (SSSR count). The van der Waals surface area contributed by atoms with Gasteiger partial charge >= 0.3 is 21.2 Å². The van der Waals surface area contributed by atoms with E-state index >= 15 is 0 Å². The minimum absolute atomic E-state index is 0.0241. The van der Waals surface area contributed by atoms with Crippen LogP contribution in [-0.4, -0.2) is 208 Å². The summed E-state index contributed by atoms with van der Waals surface area (Å²) in [6.45, 7) is 4.11. The Kier molecular flexibility index (Phi) is 28.5. The lowest BCUT2D eigenvalue weighted by atomic mass is 10.0. The molecule has 0 spiro atoms. The first-order valence-electron chi connectivity index (χ1n) is 25.8. The molecular weight excluding hydrogens is 1210 g/mol. The third-order valence-corrected chi connectivity index (χ3v) is 15.4. The molecular formula is C48H64Cl2F3N9O20P2. The van der Waals surface area contributed by atoms with Gasteiger partial charge in [0.1, 0.15) is 35.6 Å². The highest BCUT2D eigenvalue weighted by molar-refractivity contribution is 7.70. The number of halogens is 5. The number of aromatic nitrogens is 7. The number of fused-ring (bicyclic) bond motifs is 1. The number of benzene rings is 2. The number of hydrogen-bond donors (Lipinski definition) is 7. The normalized spacial score (nSPS) is 17.4. The van der Waals surface area contributed by atoms with E-state index in [0.717, 1.165) is 4.68 Å². The van der Waals surface area contributed by atoms with Crippen LogP contribution in [0, 0.1) is 17.5 Å². The number of carbonyl (C=O) groups is 2. The molecule has 7 N–H and O–H groups in total. The average molecular weight is 1280 g/mol. The maximum Gasteiger partial charge on any atom is 0.340 e. The number of aliphatic hydroxyl groups is 2. The number of aliphatic hydroxyl groups excluding tert-OH is 2. The number of hydrogen-bond acceptors (Lipinski definition) is 23. The van der Waals surface area contributed by atoms with Gasteiger partial charge in [0.15, 0.2) is 29.4 Å². The van der Waals surface area contributed by atoms with Gasteiger partial charge in [0, 0.05) is 23.7 Å². The first-order chi connectivity index (χ1) is 40.2. The lowest BCUT2D eigenvalue weighted by Gasteiger charge is -2.21. The maximum absolute atomic E-state index is 13.6. The van der Waals surface area contributed by atoms with Crippen LogP contribution < -0.4 is 15.4 Å². The maximum atomic E-state index is 13.6. The molecule has 1 aliphatic heterocycles. The Morgan fingerprint density at radius 2 is 1.38 bits per heavy atom. The quantitative estimate of drug-likeness (QED) is 0.00972. The van der Waals surface area contributed by atoms with Gasteiger partial charge in [-0.3, -0.25) is 18.7 Å². The molecule has 0 saturated carbocycles. The first kappa shape index (κ1) is 68.2. The molecule has 466 valence electrons. The second-order valence-corrected chi connectivity index (χ2v) is 22.8. The van der Waals surface area contributed by atoms with E-state index in [1.165, 1.54) is 6.20 Å². The average Bonchev–Trinajstić information content (AvgIpc) is 2.32. The van der Waals surface area contributed by atoms with Gasteiger partial charge in [-0.25, -0.2) is 22.5 Å². The van der Waals surface area contributed by atoms with Crippen LogP contribution in [0.5, 0.6) is 5.75 Å². The third-order valence-electron chi connectivity index (χ3n) is 11.5. The highest BCUT2D eigenvalue weighted by Gasteiger charge is 2.46. The summed E-state index contributed by atoms with van der Waals surface area (Å²) in [5.41, 5.74) is 1.27. The fourth-order valence-corrected chi connectivity index (χ4v) is 10.5. The number of anilines is 1. The number of amides is 1. The Labute approximate surface area is 487 Å². The molecule has 4 heterocycles. The van der Waals surface area contributed by atoms with Crippen LogP contribution in [0.25, 0.3) is 11.0 Å². The summed E-state index contributed by atoms with van der Waals surface area (Å²) in [5, 5.41) is 40.4. The molecule has 0 radical (unpaired) electrons. The van der Waals surface area contributed by atoms with Crippen molar-refractivity contribution in [2.45, 2.75) is 56.6 Å². The molecule has 1 amide bonds. The standard InChI is InChI=1S/C48H64Cl2F3N9O20P2/c49-32-3-1-2-31(22-32)38(56-45-35-26-55-62(46(35)58-48(50)57-45)47-43(66)42(65)39(81-47)29-80-84(70,71)30-83(67,68)69)25-40(63)54-5-8-73-11-14-76-18-19-78-20-21-79-28-34-27-61(60-59-34)6-9-74-12-15-77-17-16-75-13-10-72-7-4-41(64)82-44-36(52)23-33(51)24-37(44)53/h1-3,22-24,26-27,38-39,42-43,47,65-66H,4-21,25,28-30H2,(H,54,63)(H,70,71)(H,56,57,58)(H2,67,68,69)/t38-,39-,42-,43-,47-/m1/s1. The second-order valence-electron chi connectivity index (χ2n) is 18.0. The number of rotatable bonds is 41. The van der Waals surface area contributed by atoms with Crippen LogP contribution in [-0.2, 0) is 79.0 Å². The summed E-state index contributed by atoms with van der Waals surface area (Å²) in [7, 11) is -9.74. The van der Waals surface area contributed by atoms with E-state index in [9.17, 15) is 47.0 Å². The van der Waals surface area contributed by atoms with E-state index in [1.54, 1.807) is 35.1 Å². The fourth-order valence-electron chi connectivity index (χ4n) is 7.61. The van der Waals surface area contributed by atoms with Crippen molar-refractivity contribution in [3.63, 3.8) is 0 Å². The van der Waals surface area contributed by atoms with Crippen molar-refractivity contribution in [1.82, 2.24) is 40.1 Å². The van der Waals surface area contributed by atoms with Crippen molar-refractivity contribution in [3.8, 4) is 5.75 Å². The monoisotopic (exact) mass is 1280 g/mol. The smallest absolute Gasteiger partial charge is 0.340 e. The summed E-state index contributed by atoms with van der Waals surface area (Å²) in [6.07, 6.45) is -3.55. The Morgan fingerprint density at radius 3 is 2.01 bits per heavy atom. The lowest BCUT2D eigenvalue weighted by Crippen LogP contribution is -2.33. The van der Waals surface area contributed by atoms with Crippen molar-refractivity contribution in [2.24, 2.45) is 0 Å². The zero-order chi connectivity index (χ0) is 60.5. The summed E-state index contributed by atoms with van der Waals surface area (Å²) >= 11 is 12.7. The van der Waals surface area contributed by atoms with Crippen molar-refractivity contribution >= 4 is 67.1 Å². The lowest BCUT2D eigenvalue weighted by molar-refractivity contribution is -0.136. The van der Waals surface area contributed by atoms with Gasteiger partial charge in [0.2, 0.25) is 16.9 Å². The minimum atomic E-state index is -4.93. The van der Waals surface area contributed by atoms with Gasteiger partial charge in [-0.2, -0.15) is 15.1 Å². The van der Waals surface area contributed by atoms with Crippen LogP contribution in [0.1, 0.15) is 36.4 Å². The van der Waals surface area contributed by atoms with Gasteiger partial charge in [0.25, 0.3) is 0 Å². The van der Waals surface area contributed by atoms with Crippen molar-refractivity contribution < 1.29 is 109 Å². The predicted octanol–water partition coefficient (Wildman–Crippen LogP) is 3.09. The van der Waals surface area contributed by atoms with Crippen LogP contribution >= 0.6 is 38.4 Å². The topological polar surface area (TPSA) is 369 Å². The molecule has 1 unspecified atom stereocenters. The summed E-state index contributed by atoms with van der Waals surface area (Å²) in [4.78, 5) is 61.6. The number of esters is 1. The zero-order valence-corrected chi connectivity index (χ0v) is 48.1. The molecule has 1 fully saturated rings. The molecule has 1 saturated heterocycles. The van der Waals surface area contributed by atoms with E-state index < -0.39 is 87.5 Å². The van der Waals surface area contributed by atoms with Gasteiger partial charge in [0.05, 0.1) is 156 Å². The fraction of sp³-hybridized carbons (Fsp3) is 0.562. The molecule has 0 aliphatic carbocycles. The number of nitrogens with one attached hydrogen (secondary N) is 2. The summed E-state index contributed by atoms with van der Waals surface area (Å²) < 4.78 is 125. The second kappa shape index (κ2) is 35.0. The van der Waals surface area contributed by atoms with Crippen molar-refractivity contribution in [1.29, 1.82) is 0 Å². The molecule has 36 heteroatoms. The predicted molar refractivity (Wildman–Crippen MR) is 286 cm³/mol. The Balaban J connectivity index is 0.757. The third kappa shape index (κ3) is 23.8. The summed E-state index contributed by atoms with van der Waals surface area (Å²) in [5.74, 6) is -7.38. The van der Waals surface area contributed by atoms with Crippen molar-refractivity contribution in [3.05, 3.63) is 87.8 Å². The van der Waals surface area contributed by atoms with Crippen LogP contribution in [0.2, 0.25) is 10.3 Å². The van der Waals surface area contributed by atoms with Crippen LogP contribution in [0.3, 0.4) is 0 Å². The number of carbonyl (C=O) groups excluding carboxylic acids is 2. The SMILES string of the molecule is O=C(C[C@@H](Nc1nc(Cl)nc2c1cnn2[C@@H]1O[C@H](COP(=O)(O)CP(=O)(O)O)[C@@H](O)[C@H]1O)c1cccc(Cl)c1)NCCOCCOCCOCCOCc1cn(CCOCCOCCOCCOCCC(=O)Oc2c(F)cc(F)cc2F)nn1. The van der Waals surface area contributed by atoms with E-state index in [0.29, 0.717) is 94.4 Å². The highest BCUT2D eigenvalue weighted by Crippen LogP contribution is 2.55. The highest BCUT2D eigenvalue weighted by atomic mass is 35.5. The minimum Gasteiger partial charge on any atom is -0.420 e. The first-order valence-corrected chi connectivity index (χ1v) is 30.1. The van der Waals surface area contributed by atoms with Gasteiger partial charge < -0.3 is 87.4 Å². The molecule has 1 aliphatic rings. The molecule has 29 nitrogen and oxygen atoms in total. The van der Waals surface area contributed by atoms with Gasteiger partial charge in [-0.05, 0) is 29.3 Å². The molecule has 6 atom stereocenters. The number of nitrogens with zero attached hydrogens (tertiary/aromatic N) is 7. The molecule has 0 bridgehead atoms. The Hall–Kier alpha value is -4.90. The van der Waals surface area contributed by atoms with E-state index in [4.69, 9.17) is 80.1 Å². The molecule has 84 heavy (non-hydrogen) atoms. The van der Waals surface area contributed by atoms with Gasteiger partial charge in [-0.15, -0.1) is 5.10 Å². The Morgan fingerprint density at radius 1 is 0.774 bits per heavy atom. The molecule has 3 aromatic heterocycles. The van der Waals surface area contributed by atoms with Gasteiger partial charge in [-0.1, -0.05) is 28.9 Å². The molecule has 5 aromatic rings. The Bertz CT molecular complexity index is 2940. The van der Waals surface area contributed by atoms with E-state index in [1.807, 2.05) is 0 Å². The van der Waals surface area contributed by atoms with Crippen LogP contribution in [0.15, 0.2) is 48.8 Å². The number of ether oxygens (including phenoxy) is 10. The molecule has 2 aromatic carbocycles. The largest absolute Gasteiger partial charge is 0.420 e. The van der Waals surface area contributed by atoms with E-state index in [-0.39, 0.29) is 93.7 Å². The zero-order valence-electron chi connectivity index (χ0n) is 44.8.